The van der Waals surface area contributed by atoms with Crippen LogP contribution in [0.1, 0.15) is 37.3 Å². The molecule has 1 aromatic carbocycles. The Labute approximate surface area is 145 Å². The van der Waals surface area contributed by atoms with Crippen LogP contribution in [0.15, 0.2) is 35.9 Å². The first-order valence-corrected chi connectivity index (χ1v) is 8.84. The minimum absolute atomic E-state index is 0.0144. The van der Waals surface area contributed by atoms with Crippen molar-refractivity contribution >= 4 is 22.6 Å². The van der Waals surface area contributed by atoms with E-state index in [1.54, 1.807) is 6.92 Å². The second kappa shape index (κ2) is 4.82. The van der Waals surface area contributed by atoms with E-state index in [-0.39, 0.29) is 17.6 Å². The molecule has 1 spiro atoms. The Bertz CT molecular complexity index is 971. The summed E-state index contributed by atoms with van der Waals surface area (Å²) < 4.78 is 1.96. The van der Waals surface area contributed by atoms with E-state index in [1.807, 2.05) is 28.8 Å². The first-order valence-electron chi connectivity index (χ1n) is 8.84. The monoisotopic (exact) mass is 336 g/mol. The third-order valence-electron chi connectivity index (χ3n) is 6.13. The molecule has 5 rings (SSSR count). The predicted molar refractivity (Wildman–Crippen MR) is 93.1 cm³/mol. The van der Waals surface area contributed by atoms with Crippen LogP contribution in [0.5, 0.6) is 0 Å². The summed E-state index contributed by atoms with van der Waals surface area (Å²) in [5, 5.41) is 15.2. The van der Waals surface area contributed by atoms with Crippen LogP contribution in [0.2, 0.25) is 0 Å². The number of aromatic nitrogens is 1. The van der Waals surface area contributed by atoms with Crippen molar-refractivity contribution in [2.24, 2.45) is 5.92 Å². The second-order valence-electron chi connectivity index (χ2n) is 7.50. The van der Waals surface area contributed by atoms with Gasteiger partial charge in [-0.1, -0.05) is 24.3 Å². The van der Waals surface area contributed by atoms with Gasteiger partial charge < -0.3 is 15.0 Å². The Kier molecular flexibility index (Phi) is 2.87. The molecule has 1 amide bonds. The van der Waals surface area contributed by atoms with Gasteiger partial charge in [0.25, 0.3) is 0 Å². The normalized spacial score (nSPS) is 30.3. The van der Waals surface area contributed by atoms with Crippen LogP contribution in [0.3, 0.4) is 0 Å². The van der Waals surface area contributed by atoms with Crippen LogP contribution in [-0.4, -0.2) is 27.9 Å². The first kappa shape index (κ1) is 14.9. The average Bonchev–Trinajstić information content (AvgIpc) is 2.88. The SMILES string of the molecule is CC(=O)C1=C[C@@]23C[C@@H](C1)[C@H](O)n1c2c(c2ccccc21)CCNC3=O. The molecule has 3 heterocycles. The summed E-state index contributed by atoms with van der Waals surface area (Å²) in [4.78, 5) is 25.2. The lowest BCUT2D eigenvalue weighted by Gasteiger charge is -2.45. The smallest absolute Gasteiger partial charge is 0.236 e. The van der Waals surface area contributed by atoms with Gasteiger partial charge in [-0.15, -0.1) is 0 Å². The number of Topliss-reactive ketones (excluding diaryl/α,β-unsaturated/α-hetero) is 1. The summed E-state index contributed by atoms with van der Waals surface area (Å²) in [6.07, 6.45) is 2.98. The van der Waals surface area contributed by atoms with Crippen molar-refractivity contribution in [3.05, 3.63) is 47.2 Å². The number of nitrogens with one attached hydrogen (secondary N) is 1. The Morgan fingerprint density at radius 2 is 2.16 bits per heavy atom. The highest BCUT2D eigenvalue weighted by molar-refractivity contribution is 6.00. The van der Waals surface area contributed by atoms with E-state index in [0.29, 0.717) is 25.0 Å². The van der Waals surface area contributed by atoms with Gasteiger partial charge in [-0.25, -0.2) is 0 Å². The summed E-state index contributed by atoms with van der Waals surface area (Å²) >= 11 is 0. The Morgan fingerprint density at radius 1 is 1.36 bits per heavy atom. The molecule has 2 N–H and O–H groups in total. The van der Waals surface area contributed by atoms with Gasteiger partial charge in [-0.2, -0.15) is 0 Å². The number of amides is 1. The molecule has 0 radical (unpaired) electrons. The van der Waals surface area contributed by atoms with Crippen LogP contribution in [0.4, 0.5) is 0 Å². The number of aliphatic hydroxyl groups excluding tert-OH is 1. The molecule has 0 fully saturated rings. The van der Waals surface area contributed by atoms with Gasteiger partial charge >= 0.3 is 0 Å². The Hall–Kier alpha value is -2.40. The minimum atomic E-state index is -0.853. The Balaban J connectivity index is 1.94. The topological polar surface area (TPSA) is 71.3 Å². The molecule has 5 heteroatoms. The van der Waals surface area contributed by atoms with Crippen LogP contribution < -0.4 is 5.32 Å². The number of benzene rings is 1. The lowest BCUT2D eigenvalue weighted by atomic mass is 9.65. The van der Waals surface area contributed by atoms with Crippen molar-refractivity contribution < 1.29 is 14.7 Å². The molecular weight excluding hydrogens is 316 g/mol. The summed E-state index contributed by atoms with van der Waals surface area (Å²) in [5.74, 6) is -0.200. The van der Waals surface area contributed by atoms with Crippen molar-refractivity contribution in [2.75, 3.05) is 6.54 Å². The maximum atomic E-state index is 13.1. The van der Waals surface area contributed by atoms with Crippen LogP contribution >= 0.6 is 0 Å². The van der Waals surface area contributed by atoms with Gasteiger partial charge in [0.05, 0.1) is 5.52 Å². The van der Waals surface area contributed by atoms with E-state index in [9.17, 15) is 14.7 Å². The molecule has 128 valence electrons. The number of hydrogen-bond donors (Lipinski definition) is 2. The lowest BCUT2D eigenvalue weighted by molar-refractivity contribution is -0.128. The predicted octanol–water partition coefficient (Wildman–Crippen LogP) is 1.98. The molecule has 0 saturated heterocycles. The summed E-state index contributed by atoms with van der Waals surface area (Å²) in [6.45, 7) is 2.12. The fourth-order valence-electron chi connectivity index (χ4n) is 5.08. The van der Waals surface area contributed by atoms with E-state index >= 15 is 0 Å². The van der Waals surface area contributed by atoms with Gasteiger partial charge in [0.1, 0.15) is 11.6 Å². The number of nitrogens with zero attached hydrogens (tertiary/aromatic N) is 1. The quantitative estimate of drug-likeness (QED) is 0.836. The highest BCUT2D eigenvalue weighted by Gasteiger charge is 2.54. The number of hydrogen-bond acceptors (Lipinski definition) is 3. The van der Waals surface area contributed by atoms with Gasteiger partial charge in [0, 0.05) is 23.5 Å². The van der Waals surface area contributed by atoms with E-state index in [2.05, 4.69) is 11.4 Å². The minimum Gasteiger partial charge on any atom is -0.373 e. The number of carbonyl (C=O) groups excluding carboxylic acids is 2. The fraction of sp³-hybridized carbons (Fsp3) is 0.400. The third kappa shape index (κ3) is 1.76. The molecule has 2 bridgehead atoms. The van der Waals surface area contributed by atoms with E-state index in [1.165, 1.54) is 0 Å². The van der Waals surface area contributed by atoms with Crippen molar-refractivity contribution in [1.29, 1.82) is 0 Å². The maximum Gasteiger partial charge on any atom is 0.236 e. The van der Waals surface area contributed by atoms with Gasteiger partial charge in [-0.05, 0) is 43.4 Å². The van der Waals surface area contributed by atoms with Crippen LogP contribution in [-0.2, 0) is 21.4 Å². The zero-order valence-electron chi connectivity index (χ0n) is 14.1. The molecule has 2 aromatic rings. The van der Waals surface area contributed by atoms with Crippen LogP contribution in [0, 0.1) is 5.92 Å². The summed E-state index contributed by atoms with van der Waals surface area (Å²) in [7, 11) is 0. The summed E-state index contributed by atoms with van der Waals surface area (Å²) in [6, 6.07) is 8.03. The van der Waals surface area contributed by atoms with Crippen molar-refractivity contribution in [2.45, 2.75) is 37.8 Å². The fourth-order valence-corrected chi connectivity index (χ4v) is 5.08. The number of fused-ring (bicyclic) bond motifs is 4. The molecule has 1 aromatic heterocycles. The zero-order chi connectivity index (χ0) is 17.3. The third-order valence-corrected chi connectivity index (χ3v) is 6.13. The number of ketones is 1. The van der Waals surface area contributed by atoms with Crippen LogP contribution in [0.25, 0.3) is 10.9 Å². The highest BCUT2D eigenvalue weighted by atomic mass is 16.3. The molecule has 0 saturated carbocycles. The number of para-hydroxylation sites is 1. The van der Waals surface area contributed by atoms with Crippen molar-refractivity contribution in [1.82, 2.24) is 9.88 Å². The molecule has 3 aliphatic rings. The van der Waals surface area contributed by atoms with Crippen molar-refractivity contribution in [3.63, 3.8) is 0 Å². The number of rotatable bonds is 1. The number of aliphatic hydroxyl groups is 1. The van der Waals surface area contributed by atoms with E-state index in [4.69, 9.17) is 0 Å². The molecular formula is C20H20N2O3. The molecule has 25 heavy (non-hydrogen) atoms. The second-order valence-corrected chi connectivity index (χ2v) is 7.50. The average molecular weight is 336 g/mol. The highest BCUT2D eigenvalue weighted by Crippen LogP contribution is 2.53. The molecule has 3 atom stereocenters. The largest absolute Gasteiger partial charge is 0.373 e. The lowest BCUT2D eigenvalue weighted by Crippen LogP contribution is -2.51. The van der Waals surface area contributed by atoms with E-state index < -0.39 is 11.6 Å². The van der Waals surface area contributed by atoms with Gasteiger partial charge in [0.15, 0.2) is 5.78 Å². The maximum absolute atomic E-state index is 13.1. The van der Waals surface area contributed by atoms with Gasteiger partial charge in [0.2, 0.25) is 5.91 Å². The number of carbonyl (C=O) groups is 2. The Morgan fingerprint density at radius 3 is 2.96 bits per heavy atom. The molecule has 2 aliphatic heterocycles. The van der Waals surface area contributed by atoms with Gasteiger partial charge in [-0.3, -0.25) is 9.59 Å². The molecule has 1 aliphatic carbocycles. The molecule has 5 nitrogen and oxygen atoms in total. The first-order chi connectivity index (χ1) is 12.0. The van der Waals surface area contributed by atoms with Crippen molar-refractivity contribution in [3.8, 4) is 0 Å². The zero-order valence-corrected chi connectivity index (χ0v) is 14.1. The van der Waals surface area contributed by atoms with E-state index in [0.717, 1.165) is 28.6 Å². The summed E-state index contributed by atoms with van der Waals surface area (Å²) in [5.41, 5.74) is 2.78. The molecule has 0 unspecified atom stereocenters. The standard InChI is InChI=1S/C20H20N2O3/c1-11(23)12-8-13-10-20(9-12)17-15(6-7-21-19(20)25)14-4-2-3-5-16(14)22(17)18(13)24/h2-5,9,13,18,24H,6-8,10H2,1H3,(H,21,25)/t13-,18+,20-/m1/s1. The number of allylic oxidation sites excluding steroid dienone is 1.